The number of hydrogen-bond donors (Lipinski definition) is 2. The van der Waals surface area contributed by atoms with Crippen molar-refractivity contribution in [1.29, 1.82) is 0 Å². The van der Waals surface area contributed by atoms with Crippen LogP contribution in [0.4, 0.5) is 11.5 Å². The number of rotatable bonds is 5. The van der Waals surface area contributed by atoms with Crippen molar-refractivity contribution in [3.05, 3.63) is 53.7 Å². The summed E-state index contributed by atoms with van der Waals surface area (Å²) in [5.41, 5.74) is 3.39. The van der Waals surface area contributed by atoms with E-state index in [0.29, 0.717) is 12.4 Å². The third kappa shape index (κ3) is 4.29. The number of aryl methyl sites for hydroxylation is 1. The van der Waals surface area contributed by atoms with Crippen molar-refractivity contribution in [2.24, 2.45) is 0 Å². The molecule has 3 rings (SSSR count). The van der Waals surface area contributed by atoms with E-state index in [-0.39, 0.29) is 12.0 Å². The predicted octanol–water partition coefficient (Wildman–Crippen LogP) is 3.12. The second-order valence-corrected chi connectivity index (χ2v) is 5.77. The van der Waals surface area contributed by atoms with Gasteiger partial charge in [0.1, 0.15) is 11.9 Å². The third-order valence-electron chi connectivity index (χ3n) is 3.82. The molecule has 5 heteroatoms. The zero-order chi connectivity index (χ0) is 16.1. The van der Waals surface area contributed by atoms with Gasteiger partial charge in [-0.1, -0.05) is 29.8 Å². The van der Waals surface area contributed by atoms with Gasteiger partial charge in [0.15, 0.2) is 0 Å². The highest BCUT2D eigenvalue weighted by Gasteiger charge is 2.23. The number of aromatic nitrogens is 1. The Morgan fingerprint density at radius 2 is 2.26 bits per heavy atom. The average Bonchev–Trinajstić information content (AvgIpc) is 3.09. The van der Waals surface area contributed by atoms with Crippen LogP contribution in [0.1, 0.15) is 24.0 Å². The molecule has 0 radical (unpaired) electrons. The Labute approximate surface area is 136 Å². The highest BCUT2D eigenvalue weighted by molar-refractivity contribution is 5.93. The van der Waals surface area contributed by atoms with Gasteiger partial charge in [0.05, 0.1) is 11.9 Å². The number of nitrogens with zero attached hydrogens (tertiary/aromatic N) is 1. The molecular formula is C18H21N3O2. The lowest BCUT2D eigenvalue weighted by Gasteiger charge is -2.11. The summed E-state index contributed by atoms with van der Waals surface area (Å²) in [6.45, 7) is 3.48. The maximum absolute atomic E-state index is 12.0. The zero-order valence-electron chi connectivity index (χ0n) is 13.2. The molecule has 23 heavy (non-hydrogen) atoms. The smallest absolute Gasteiger partial charge is 0.254 e. The molecule has 1 saturated heterocycles. The van der Waals surface area contributed by atoms with Gasteiger partial charge < -0.3 is 15.4 Å². The molecule has 2 heterocycles. The van der Waals surface area contributed by atoms with E-state index < -0.39 is 0 Å². The van der Waals surface area contributed by atoms with Crippen LogP contribution in [0.25, 0.3) is 0 Å². The van der Waals surface area contributed by atoms with Gasteiger partial charge in [-0.05, 0) is 37.5 Å². The SMILES string of the molecule is Cc1cccc(CNc2ccc(NC(=O)C3CCCO3)nc2)c1. The fourth-order valence-corrected chi connectivity index (χ4v) is 2.59. The monoisotopic (exact) mass is 311 g/mol. The summed E-state index contributed by atoms with van der Waals surface area (Å²) in [6.07, 6.45) is 3.10. The first-order chi connectivity index (χ1) is 11.2. The summed E-state index contributed by atoms with van der Waals surface area (Å²) in [6, 6.07) is 12.1. The molecule has 120 valence electrons. The van der Waals surface area contributed by atoms with E-state index in [2.05, 4.69) is 40.7 Å². The number of nitrogens with one attached hydrogen (secondary N) is 2. The molecule has 1 atom stereocenters. The zero-order valence-corrected chi connectivity index (χ0v) is 13.2. The topological polar surface area (TPSA) is 63.2 Å². The summed E-state index contributed by atoms with van der Waals surface area (Å²) >= 11 is 0. The van der Waals surface area contributed by atoms with Crippen molar-refractivity contribution >= 4 is 17.4 Å². The second-order valence-electron chi connectivity index (χ2n) is 5.77. The summed E-state index contributed by atoms with van der Waals surface area (Å²) < 4.78 is 5.36. The molecule has 0 saturated carbocycles. The van der Waals surface area contributed by atoms with Crippen LogP contribution >= 0.6 is 0 Å². The van der Waals surface area contributed by atoms with E-state index in [4.69, 9.17) is 4.74 Å². The molecule has 1 fully saturated rings. The molecule has 2 N–H and O–H groups in total. The normalized spacial score (nSPS) is 17.0. The van der Waals surface area contributed by atoms with Crippen LogP contribution in [0.5, 0.6) is 0 Å². The minimum Gasteiger partial charge on any atom is -0.380 e. The van der Waals surface area contributed by atoms with Crippen molar-refractivity contribution in [3.63, 3.8) is 0 Å². The lowest BCUT2D eigenvalue weighted by atomic mass is 10.1. The number of anilines is 2. The van der Waals surface area contributed by atoms with Gasteiger partial charge in [0, 0.05) is 13.2 Å². The van der Waals surface area contributed by atoms with E-state index in [0.717, 1.165) is 25.1 Å². The molecular weight excluding hydrogens is 290 g/mol. The first-order valence-corrected chi connectivity index (χ1v) is 7.89. The second kappa shape index (κ2) is 7.24. The highest BCUT2D eigenvalue weighted by Crippen LogP contribution is 2.16. The standard InChI is InChI=1S/C18H21N3O2/c1-13-4-2-5-14(10-13)11-19-15-7-8-17(20-12-15)21-18(22)16-6-3-9-23-16/h2,4-5,7-8,10,12,16,19H,3,6,9,11H2,1H3,(H,20,21,22). The van der Waals surface area contributed by atoms with Gasteiger partial charge in [-0.15, -0.1) is 0 Å². The van der Waals surface area contributed by atoms with Gasteiger partial charge in [-0.25, -0.2) is 4.98 Å². The van der Waals surface area contributed by atoms with Crippen molar-refractivity contribution in [1.82, 2.24) is 4.98 Å². The van der Waals surface area contributed by atoms with Gasteiger partial charge in [0.25, 0.3) is 5.91 Å². The van der Waals surface area contributed by atoms with E-state index >= 15 is 0 Å². The van der Waals surface area contributed by atoms with E-state index in [1.165, 1.54) is 11.1 Å². The molecule has 0 spiro atoms. The van der Waals surface area contributed by atoms with E-state index in [1.54, 1.807) is 12.3 Å². The van der Waals surface area contributed by atoms with Crippen molar-refractivity contribution in [2.45, 2.75) is 32.4 Å². The van der Waals surface area contributed by atoms with E-state index in [1.807, 2.05) is 12.1 Å². The number of carbonyl (C=O) groups is 1. The average molecular weight is 311 g/mol. The molecule has 0 aliphatic carbocycles. The Kier molecular flexibility index (Phi) is 4.88. The number of pyridine rings is 1. The Morgan fingerprint density at radius 1 is 1.35 bits per heavy atom. The lowest BCUT2D eigenvalue weighted by molar-refractivity contribution is -0.124. The van der Waals surface area contributed by atoms with Crippen LogP contribution in [0, 0.1) is 6.92 Å². The van der Waals surface area contributed by atoms with Gasteiger partial charge in [-0.3, -0.25) is 4.79 Å². The van der Waals surface area contributed by atoms with Crippen LogP contribution < -0.4 is 10.6 Å². The quantitative estimate of drug-likeness (QED) is 0.890. The highest BCUT2D eigenvalue weighted by atomic mass is 16.5. The van der Waals surface area contributed by atoms with Crippen LogP contribution in [0.2, 0.25) is 0 Å². The molecule has 1 unspecified atom stereocenters. The fourth-order valence-electron chi connectivity index (χ4n) is 2.59. The number of hydrogen-bond acceptors (Lipinski definition) is 4. The maximum atomic E-state index is 12.0. The Balaban J connectivity index is 1.53. The number of amides is 1. The molecule has 5 nitrogen and oxygen atoms in total. The van der Waals surface area contributed by atoms with Gasteiger partial charge in [0.2, 0.25) is 0 Å². The molecule has 1 aliphatic heterocycles. The first-order valence-electron chi connectivity index (χ1n) is 7.89. The van der Waals surface area contributed by atoms with Crippen molar-refractivity contribution < 1.29 is 9.53 Å². The summed E-state index contributed by atoms with van der Waals surface area (Å²) in [5.74, 6) is 0.432. The predicted molar refractivity (Wildman–Crippen MR) is 90.3 cm³/mol. The number of ether oxygens (including phenoxy) is 1. The van der Waals surface area contributed by atoms with Crippen molar-refractivity contribution in [2.75, 3.05) is 17.2 Å². The summed E-state index contributed by atoms with van der Waals surface area (Å²) in [7, 11) is 0. The molecule has 1 aliphatic rings. The lowest BCUT2D eigenvalue weighted by Crippen LogP contribution is -2.27. The van der Waals surface area contributed by atoms with Gasteiger partial charge >= 0.3 is 0 Å². The van der Waals surface area contributed by atoms with Gasteiger partial charge in [-0.2, -0.15) is 0 Å². The number of carbonyl (C=O) groups excluding carboxylic acids is 1. The maximum Gasteiger partial charge on any atom is 0.254 e. The minimum absolute atomic E-state index is 0.115. The molecule has 2 aromatic rings. The van der Waals surface area contributed by atoms with Crippen LogP contribution in [0.3, 0.4) is 0 Å². The Hall–Kier alpha value is -2.40. The third-order valence-corrected chi connectivity index (χ3v) is 3.82. The summed E-state index contributed by atoms with van der Waals surface area (Å²) in [5, 5.41) is 6.11. The van der Waals surface area contributed by atoms with Crippen LogP contribution in [-0.4, -0.2) is 23.6 Å². The molecule has 1 aromatic carbocycles. The van der Waals surface area contributed by atoms with Crippen LogP contribution in [-0.2, 0) is 16.1 Å². The first kappa shape index (κ1) is 15.5. The Bertz CT molecular complexity index is 664. The largest absolute Gasteiger partial charge is 0.380 e. The Morgan fingerprint density at radius 3 is 2.96 bits per heavy atom. The molecule has 0 bridgehead atoms. The molecule has 1 amide bonds. The number of benzene rings is 1. The molecule has 1 aromatic heterocycles. The van der Waals surface area contributed by atoms with E-state index in [9.17, 15) is 4.79 Å². The van der Waals surface area contributed by atoms with Crippen molar-refractivity contribution in [3.8, 4) is 0 Å². The van der Waals surface area contributed by atoms with Crippen LogP contribution in [0.15, 0.2) is 42.6 Å². The summed E-state index contributed by atoms with van der Waals surface area (Å²) in [4.78, 5) is 16.2. The fraction of sp³-hybridized carbons (Fsp3) is 0.333. The minimum atomic E-state index is -0.337.